The van der Waals surface area contributed by atoms with Gasteiger partial charge in [-0.05, 0) is 51.8 Å². The fourth-order valence-electron chi connectivity index (χ4n) is 2.29. The number of halogens is 2. The first-order chi connectivity index (χ1) is 11.5. The second kappa shape index (κ2) is 6.57. The topological polar surface area (TPSA) is 41.9 Å². The van der Waals surface area contributed by atoms with Gasteiger partial charge in [-0.2, -0.15) is 0 Å². The van der Waals surface area contributed by atoms with Gasteiger partial charge in [0, 0.05) is 18.6 Å². The number of aliphatic imine (C=N–C) groups is 1. The Hall–Kier alpha value is -2.47. The van der Waals surface area contributed by atoms with Gasteiger partial charge in [0.25, 0.3) is 0 Å². The first-order valence-electron chi connectivity index (χ1n) is 7.20. The Kier molecular flexibility index (Phi) is 4.49. The normalized spacial score (nSPS) is 15.4. The van der Waals surface area contributed by atoms with Crippen molar-refractivity contribution in [2.24, 2.45) is 4.99 Å². The van der Waals surface area contributed by atoms with E-state index in [1.807, 2.05) is 37.2 Å². The number of ether oxygens (including phenoxy) is 1. The lowest BCUT2D eigenvalue weighted by atomic mass is 10.1. The summed E-state index contributed by atoms with van der Waals surface area (Å²) in [6, 6.07) is 11.7. The zero-order valence-corrected chi connectivity index (χ0v) is 14.7. The molecule has 0 bridgehead atoms. The summed E-state index contributed by atoms with van der Waals surface area (Å²) in [5.41, 5.74) is 2.11. The standard InChI is InChI=1S/C18H14BrFN2O2/c1-22(2)16-8-7-11(9-13(16)19)10-15-18(23)24-17(21-15)12-5-3-4-6-14(12)20/h3-10H,1-2H3. The lowest BCUT2D eigenvalue weighted by molar-refractivity contribution is -0.129. The van der Waals surface area contributed by atoms with Crippen LogP contribution in [0.25, 0.3) is 6.08 Å². The molecule has 0 spiro atoms. The average Bonchev–Trinajstić information content (AvgIpc) is 2.88. The first-order valence-corrected chi connectivity index (χ1v) is 7.99. The molecule has 0 aliphatic carbocycles. The van der Waals surface area contributed by atoms with Crippen LogP contribution in [0.5, 0.6) is 0 Å². The smallest absolute Gasteiger partial charge is 0.363 e. The molecule has 1 aliphatic heterocycles. The van der Waals surface area contributed by atoms with E-state index in [2.05, 4.69) is 20.9 Å². The quantitative estimate of drug-likeness (QED) is 0.589. The largest absolute Gasteiger partial charge is 0.402 e. The zero-order valence-electron chi connectivity index (χ0n) is 13.1. The Morgan fingerprint density at radius 2 is 1.96 bits per heavy atom. The predicted octanol–water partition coefficient (Wildman–Crippen LogP) is 4.00. The second-order valence-electron chi connectivity index (χ2n) is 5.42. The van der Waals surface area contributed by atoms with Gasteiger partial charge in [-0.3, -0.25) is 0 Å². The Labute approximate surface area is 147 Å². The van der Waals surface area contributed by atoms with E-state index in [1.54, 1.807) is 18.2 Å². The maximum atomic E-state index is 13.8. The van der Waals surface area contributed by atoms with Gasteiger partial charge in [-0.1, -0.05) is 18.2 Å². The van der Waals surface area contributed by atoms with E-state index in [0.717, 1.165) is 15.7 Å². The van der Waals surface area contributed by atoms with Crippen molar-refractivity contribution in [3.8, 4) is 0 Å². The number of nitrogens with zero attached hydrogens (tertiary/aromatic N) is 2. The summed E-state index contributed by atoms with van der Waals surface area (Å²) >= 11 is 3.50. The van der Waals surface area contributed by atoms with Gasteiger partial charge in [0.05, 0.1) is 11.3 Å². The van der Waals surface area contributed by atoms with E-state index in [1.165, 1.54) is 12.1 Å². The molecule has 3 rings (SSSR count). The van der Waals surface area contributed by atoms with Crippen molar-refractivity contribution >= 4 is 39.6 Å². The van der Waals surface area contributed by atoms with Crippen LogP contribution in [-0.2, 0) is 9.53 Å². The Bertz CT molecular complexity index is 875. The number of hydrogen-bond acceptors (Lipinski definition) is 4. The van der Waals surface area contributed by atoms with Crippen molar-refractivity contribution in [3.63, 3.8) is 0 Å². The third-order valence-electron chi connectivity index (χ3n) is 3.48. The molecule has 0 aromatic heterocycles. The molecule has 2 aromatic carbocycles. The third-order valence-corrected chi connectivity index (χ3v) is 4.12. The van der Waals surface area contributed by atoms with Gasteiger partial charge in [0.1, 0.15) is 5.82 Å². The van der Waals surface area contributed by atoms with Crippen LogP contribution < -0.4 is 4.90 Å². The molecule has 0 atom stereocenters. The predicted molar refractivity (Wildman–Crippen MR) is 95.5 cm³/mol. The summed E-state index contributed by atoms with van der Waals surface area (Å²) in [6.07, 6.45) is 1.61. The van der Waals surface area contributed by atoms with Crippen molar-refractivity contribution in [2.75, 3.05) is 19.0 Å². The molecule has 0 radical (unpaired) electrons. The Balaban J connectivity index is 1.95. The van der Waals surface area contributed by atoms with Crippen LogP contribution in [0.2, 0.25) is 0 Å². The first kappa shape index (κ1) is 16.4. The number of hydrogen-bond donors (Lipinski definition) is 0. The SMILES string of the molecule is CN(C)c1ccc(C=C2N=C(c3ccccc3F)OC2=O)cc1Br. The summed E-state index contributed by atoms with van der Waals surface area (Å²) in [5.74, 6) is -1.10. The highest BCUT2D eigenvalue weighted by molar-refractivity contribution is 9.10. The highest BCUT2D eigenvalue weighted by Gasteiger charge is 2.25. The van der Waals surface area contributed by atoms with E-state index in [0.29, 0.717) is 0 Å². The van der Waals surface area contributed by atoms with E-state index in [4.69, 9.17) is 4.74 Å². The summed E-state index contributed by atoms with van der Waals surface area (Å²) in [5, 5.41) is 0. The molecule has 4 nitrogen and oxygen atoms in total. The molecule has 0 saturated heterocycles. The number of benzene rings is 2. The van der Waals surface area contributed by atoms with Gasteiger partial charge < -0.3 is 9.64 Å². The van der Waals surface area contributed by atoms with Gasteiger partial charge in [-0.15, -0.1) is 0 Å². The van der Waals surface area contributed by atoms with Crippen molar-refractivity contribution in [1.29, 1.82) is 0 Å². The fraction of sp³-hybridized carbons (Fsp3) is 0.111. The van der Waals surface area contributed by atoms with Crippen LogP contribution in [-0.4, -0.2) is 26.0 Å². The van der Waals surface area contributed by atoms with Gasteiger partial charge in [-0.25, -0.2) is 14.2 Å². The molecule has 6 heteroatoms. The van der Waals surface area contributed by atoms with Gasteiger partial charge >= 0.3 is 5.97 Å². The number of anilines is 1. The Morgan fingerprint density at radius 3 is 2.62 bits per heavy atom. The number of carbonyl (C=O) groups is 1. The molecule has 0 fully saturated rings. The monoisotopic (exact) mass is 388 g/mol. The van der Waals surface area contributed by atoms with Crippen molar-refractivity contribution in [2.45, 2.75) is 0 Å². The second-order valence-corrected chi connectivity index (χ2v) is 6.28. The fourth-order valence-corrected chi connectivity index (χ4v) is 3.04. The maximum Gasteiger partial charge on any atom is 0.363 e. The van der Waals surface area contributed by atoms with Crippen LogP contribution in [0.15, 0.2) is 57.6 Å². The number of cyclic esters (lactones) is 1. The molecule has 122 valence electrons. The molecule has 1 aliphatic rings. The molecule has 0 saturated carbocycles. The molecule has 0 unspecified atom stereocenters. The number of esters is 1. The van der Waals surface area contributed by atoms with Crippen LogP contribution in [0.1, 0.15) is 11.1 Å². The summed E-state index contributed by atoms with van der Waals surface area (Å²) in [6.45, 7) is 0. The highest BCUT2D eigenvalue weighted by atomic mass is 79.9. The average molecular weight is 389 g/mol. The van der Waals surface area contributed by atoms with Crippen molar-refractivity contribution in [1.82, 2.24) is 0 Å². The van der Waals surface area contributed by atoms with E-state index in [-0.39, 0.29) is 17.2 Å². The minimum absolute atomic E-state index is 0.0201. The minimum Gasteiger partial charge on any atom is -0.402 e. The van der Waals surface area contributed by atoms with Crippen LogP contribution in [0.3, 0.4) is 0 Å². The molecule has 0 amide bonds. The highest BCUT2D eigenvalue weighted by Crippen LogP contribution is 2.28. The van der Waals surface area contributed by atoms with E-state index < -0.39 is 11.8 Å². The Morgan fingerprint density at radius 1 is 1.21 bits per heavy atom. The van der Waals surface area contributed by atoms with Gasteiger partial charge in [0.2, 0.25) is 5.90 Å². The van der Waals surface area contributed by atoms with Gasteiger partial charge in [0.15, 0.2) is 5.70 Å². The van der Waals surface area contributed by atoms with E-state index >= 15 is 0 Å². The molecule has 24 heavy (non-hydrogen) atoms. The maximum absolute atomic E-state index is 13.8. The zero-order chi connectivity index (χ0) is 17.3. The van der Waals surface area contributed by atoms with Crippen LogP contribution in [0, 0.1) is 5.82 Å². The lowest BCUT2D eigenvalue weighted by Crippen LogP contribution is -2.09. The summed E-state index contributed by atoms with van der Waals surface area (Å²) in [7, 11) is 3.88. The number of carbonyl (C=O) groups excluding carboxylic acids is 1. The molecule has 2 aromatic rings. The molecular weight excluding hydrogens is 375 g/mol. The van der Waals surface area contributed by atoms with E-state index in [9.17, 15) is 9.18 Å². The molecule has 0 N–H and O–H groups in total. The minimum atomic E-state index is -0.596. The molecule has 1 heterocycles. The van der Waals surface area contributed by atoms with Crippen molar-refractivity contribution in [3.05, 3.63) is 69.6 Å². The lowest BCUT2D eigenvalue weighted by Gasteiger charge is -2.14. The summed E-state index contributed by atoms with van der Waals surface area (Å²) in [4.78, 5) is 18.1. The van der Waals surface area contributed by atoms with Crippen LogP contribution in [0.4, 0.5) is 10.1 Å². The van der Waals surface area contributed by atoms with Crippen molar-refractivity contribution < 1.29 is 13.9 Å². The third kappa shape index (κ3) is 3.23. The van der Waals surface area contributed by atoms with Crippen LogP contribution >= 0.6 is 15.9 Å². The number of rotatable bonds is 3. The molecular formula is C18H14BrFN2O2. The summed E-state index contributed by atoms with van der Waals surface area (Å²) < 4.78 is 19.8.